The summed E-state index contributed by atoms with van der Waals surface area (Å²) in [5.41, 5.74) is -5.53. The number of hydrogen-bond donors (Lipinski definition) is 1. The summed E-state index contributed by atoms with van der Waals surface area (Å²) in [6.45, 7) is 1.85. The molecule has 108 valence electrons. The average Bonchev–Trinajstić information content (AvgIpc) is 2.02. The molecule has 0 aromatic rings. The second-order valence-corrected chi connectivity index (χ2v) is 4.77. The van der Waals surface area contributed by atoms with Crippen molar-refractivity contribution in [1.82, 2.24) is 4.90 Å². The van der Waals surface area contributed by atoms with E-state index in [-0.39, 0.29) is 12.4 Å². The predicted octanol–water partition coefficient (Wildman–Crippen LogP) is 2.21. The van der Waals surface area contributed by atoms with Crippen LogP contribution in [0.3, 0.4) is 0 Å². The van der Waals surface area contributed by atoms with Gasteiger partial charge in [-0.25, -0.2) is 0 Å². The molecule has 0 radical (unpaired) electrons. The Kier molecular flexibility index (Phi) is 13.9. The monoisotopic (exact) mass is 341 g/mol. The molecule has 0 aliphatic carbocycles. The Labute approximate surface area is 114 Å². The van der Waals surface area contributed by atoms with Crippen molar-refractivity contribution in [3.05, 3.63) is 0 Å². The number of hydrogen-bond acceptors (Lipinski definition) is 3. The van der Waals surface area contributed by atoms with Gasteiger partial charge in [0.05, 0.1) is 0 Å². The highest BCUT2D eigenvalue weighted by Gasteiger charge is 2.44. The maximum absolute atomic E-state index is 10.7. The van der Waals surface area contributed by atoms with Crippen LogP contribution in [0.5, 0.6) is 0 Å². The fourth-order valence-electron chi connectivity index (χ4n) is 0.400. The minimum Gasteiger partial charge on any atom is -0.304 e. The molecular weight excluding hydrogens is 329 g/mol. The van der Waals surface area contributed by atoms with Crippen LogP contribution in [0.1, 0.15) is 0 Å². The van der Waals surface area contributed by atoms with Crippen LogP contribution in [-0.2, 0) is 10.1 Å². The lowest BCUT2D eigenvalue weighted by Crippen LogP contribution is -2.22. The van der Waals surface area contributed by atoms with Gasteiger partial charge in [0, 0.05) is 24.8 Å². The minimum atomic E-state index is -5.84. The van der Waals surface area contributed by atoms with Crippen molar-refractivity contribution in [2.75, 3.05) is 31.9 Å². The Morgan fingerprint density at radius 2 is 1.41 bits per heavy atom. The fraction of sp³-hybridized carbons (Fsp3) is 1.00. The van der Waals surface area contributed by atoms with Crippen LogP contribution in [0, 0.1) is 0 Å². The van der Waals surface area contributed by atoms with Gasteiger partial charge in [0.25, 0.3) is 0 Å². The van der Waals surface area contributed by atoms with Gasteiger partial charge < -0.3 is 4.90 Å². The van der Waals surface area contributed by atoms with Crippen LogP contribution in [0.2, 0.25) is 0 Å². The number of alkyl halides is 5. The SMILES string of the molecule is CN(CCCl)CCCl.Cl.O=S(=O)(O)C(F)(F)F. The molecule has 0 bridgehead atoms. The second kappa shape index (κ2) is 10.5. The van der Waals surface area contributed by atoms with E-state index in [0.29, 0.717) is 11.8 Å². The van der Waals surface area contributed by atoms with E-state index in [1.54, 1.807) is 0 Å². The van der Waals surface area contributed by atoms with Crippen LogP contribution in [-0.4, -0.2) is 55.3 Å². The highest BCUT2D eigenvalue weighted by atomic mass is 35.5. The summed E-state index contributed by atoms with van der Waals surface area (Å²) in [5.74, 6) is 1.38. The van der Waals surface area contributed by atoms with Crippen LogP contribution in [0.4, 0.5) is 13.2 Å². The van der Waals surface area contributed by atoms with Crippen molar-refractivity contribution in [1.29, 1.82) is 0 Å². The standard InChI is InChI=1S/C5H11Cl2N.CHF3O3S.ClH/c1-8(4-2-6)5-3-7;2-1(3,4)8(5,6)7;/h2-5H2,1H3;(H,5,6,7);1H. The van der Waals surface area contributed by atoms with E-state index in [2.05, 4.69) is 4.90 Å². The van der Waals surface area contributed by atoms with Gasteiger partial charge in [-0.3, -0.25) is 4.55 Å². The Hall–Kier alpha value is 0.530. The zero-order valence-corrected chi connectivity index (χ0v) is 11.9. The van der Waals surface area contributed by atoms with E-state index >= 15 is 0 Å². The molecule has 0 aliphatic heterocycles. The lowest BCUT2D eigenvalue weighted by Gasteiger charge is -2.11. The van der Waals surface area contributed by atoms with Crippen molar-refractivity contribution in [2.24, 2.45) is 0 Å². The first-order chi connectivity index (χ1) is 7.06. The van der Waals surface area contributed by atoms with Gasteiger partial charge in [0.15, 0.2) is 0 Å². The van der Waals surface area contributed by atoms with E-state index in [1.807, 2.05) is 7.05 Å². The Bertz CT molecular complexity index is 267. The number of rotatable bonds is 4. The third-order valence-electron chi connectivity index (χ3n) is 1.22. The largest absolute Gasteiger partial charge is 0.522 e. The second-order valence-electron chi connectivity index (χ2n) is 2.60. The quantitative estimate of drug-likeness (QED) is 0.483. The molecule has 0 amide bonds. The van der Waals surface area contributed by atoms with Crippen molar-refractivity contribution in [2.45, 2.75) is 5.51 Å². The third kappa shape index (κ3) is 14.5. The summed E-state index contributed by atoms with van der Waals surface area (Å²) in [7, 11) is -3.84. The van der Waals surface area contributed by atoms with Gasteiger partial charge in [0.2, 0.25) is 0 Å². The Morgan fingerprint density at radius 1 is 1.18 bits per heavy atom. The van der Waals surface area contributed by atoms with Gasteiger partial charge in [-0.2, -0.15) is 21.6 Å². The predicted molar refractivity (Wildman–Crippen MR) is 63.8 cm³/mol. The lowest BCUT2D eigenvalue weighted by atomic mass is 10.6. The van der Waals surface area contributed by atoms with E-state index in [1.165, 1.54) is 0 Å². The van der Waals surface area contributed by atoms with Gasteiger partial charge in [-0.15, -0.1) is 35.6 Å². The fourth-order valence-corrected chi connectivity index (χ4v) is 0.977. The minimum absolute atomic E-state index is 0. The van der Waals surface area contributed by atoms with Gasteiger partial charge in [0.1, 0.15) is 0 Å². The first kappa shape index (κ1) is 22.7. The van der Waals surface area contributed by atoms with E-state index in [9.17, 15) is 13.2 Å². The molecule has 0 unspecified atom stereocenters. The zero-order chi connectivity index (χ0) is 13.4. The zero-order valence-electron chi connectivity index (χ0n) is 8.75. The topological polar surface area (TPSA) is 57.6 Å². The molecule has 0 heterocycles. The maximum Gasteiger partial charge on any atom is 0.522 e. The molecule has 0 spiro atoms. The first-order valence-electron chi connectivity index (χ1n) is 3.90. The summed E-state index contributed by atoms with van der Waals surface area (Å²) in [4.78, 5) is 2.10. The van der Waals surface area contributed by atoms with E-state index in [0.717, 1.165) is 13.1 Å². The smallest absolute Gasteiger partial charge is 0.304 e. The molecule has 0 atom stereocenters. The molecule has 0 saturated heterocycles. The molecule has 4 nitrogen and oxygen atoms in total. The Morgan fingerprint density at radius 3 is 1.53 bits per heavy atom. The maximum atomic E-state index is 10.7. The molecular formula is C6H13Cl3F3NO3S. The summed E-state index contributed by atoms with van der Waals surface area (Å²) in [6.07, 6.45) is 0. The van der Waals surface area contributed by atoms with Crippen LogP contribution in [0.25, 0.3) is 0 Å². The summed E-state index contributed by atoms with van der Waals surface area (Å²) in [6, 6.07) is 0. The van der Waals surface area contributed by atoms with Crippen LogP contribution in [0.15, 0.2) is 0 Å². The van der Waals surface area contributed by atoms with Crippen LogP contribution >= 0.6 is 35.6 Å². The van der Waals surface area contributed by atoms with Gasteiger partial charge in [-0.1, -0.05) is 0 Å². The number of nitrogens with zero attached hydrogens (tertiary/aromatic N) is 1. The normalized spacial score (nSPS) is 11.5. The highest BCUT2D eigenvalue weighted by molar-refractivity contribution is 7.86. The van der Waals surface area contributed by atoms with Gasteiger partial charge >= 0.3 is 15.6 Å². The molecule has 0 aromatic heterocycles. The van der Waals surface area contributed by atoms with Gasteiger partial charge in [-0.05, 0) is 7.05 Å². The lowest BCUT2D eigenvalue weighted by molar-refractivity contribution is -0.0510. The molecule has 1 N–H and O–H groups in total. The van der Waals surface area contributed by atoms with Crippen molar-refractivity contribution in [3.63, 3.8) is 0 Å². The summed E-state index contributed by atoms with van der Waals surface area (Å²) >= 11 is 10.9. The van der Waals surface area contributed by atoms with Crippen molar-refractivity contribution >= 4 is 45.7 Å². The summed E-state index contributed by atoms with van der Waals surface area (Å²) < 4.78 is 57.5. The number of halogens is 6. The summed E-state index contributed by atoms with van der Waals surface area (Å²) in [5, 5.41) is 0. The van der Waals surface area contributed by atoms with E-state index in [4.69, 9.17) is 36.2 Å². The van der Waals surface area contributed by atoms with E-state index < -0.39 is 15.6 Å². The Balaban J connectivity index is -0.000000218. The highest BCUT2D eigenvalue weighted by Crippen LogP contribution is 2.20. The molecule has 17 heavy (non-hydrogen) atoms. The van der Waals surface area contributed by atoms with Crippen molar-refractivity contribution < 1.29 is 26.1 Å². The molecule has 0 aromatic carbocycles. The van der Waals surface area contributed by atoms with Crippen LogP contribution < -0.4 is 0 Å². The molecule has 0 rings (SSSR count). The van der Waals surface area contributed by atoms with Crippen molar-refractivity contribution in [3.8, 4) is 0 Å². The molecule has 0 saturated carbocycles. The molecule has 11 heteroatoms. The average molecular weight is 343 g/mol. The third-order valence-corrected chi connectivity index (χ3v) is 2.15. The molecule has 0 fully saturated rings. The first-order valence-corrected chi connectivity index (χ1v) is 6.41. The molecule has 0 aliphatic rings.